The monoisotopic (exact) mass is 372 g/mol. The van der Waals surface area contributed by atoms with Gasteiger partial charge in [-0.3, -0.25) is 9.59 Å². The molecule has 0 saturated heterocycles. The lowest BCUT2D eigenvalue weighted by Gasteiger charge is -2.26. The number of amides is 2. The summed E-state index contributed by atoms with van der Waals surface area (Å²) in [6.45, 7) is 3.52. The number of hydrogen-bond donors (Lipinski definition) is 1. The molecule has 2 aromatic rings. The second-order valence-electron chi connectivity index (χ2n) is 6.21. The van der Waals surface area contributed by atoms with E-state index in [9.17, 15) is 18.4 Å². The molecule has 3 rings (SSSR count). The first-order valence-electron chi connectivity index (χ1n) is 8.31. The molecular formula is C20H18F2N2O3. The number of carbonyl (C=O) groups excluding carboxylic acids is 2. The highest BCUT2D eigenvalue weighted by Gasteiger charge is 2.25. The molecule has 2 amide bonds. The molecule has 1 atom stereocenters. The molecule has 0 radical (unpaired) electrons. The van der Waals surface area contributed by atoms with Gasteiger partial charge in [0.15, 0.2) is 11.6 Å². The summed E-state index contributed by atoms with van der Waals surface area (Å²) < 4.78 is 32.4. The van der Waals surface area contributed by atoms with Crippen LogP contribution in [0, 0.1) is 11.6 Å². The number of fused-ring (bicyclic) bond motifs is 1. The fourth-order valence-electron chi connectivity index (χ4n) is 2.90. The highest BCUT2D eigenvalue weighted by molar-refractivity contribution is 6.01. The Hall–Kier alpha value is -3.22. The SMILES string of the molecule is C=CC(=O)N(C)c1ccc(C(=O)NC2COc3c(F)cc(F)cc3C2)cc1. The van der Waals surface area contributed by atoms with E-state index in [0.717, 1.165) is 6.07 Å². The number of benzene rings is 2. The van der Waals surface area contributed by atoms with Gasteiger partial charge in [-0.2, -0.15) is 0 Å². The second kappa shape index (κ2) is 7.57. The first kappa shape index (κ1) is 18.6. The molecule has 1 aliphatic rings. The fraction of sp³-hybridized carbons (Fsp3) is 0.200. The van der Waals surface area contributed by atoms with Crippen molar-refractivity contribution in [2.45, 2.75) is 12.5 Å². The molecule has 1 aliphatic heterocycles. The van der Waals surface area contributed by atoms with Gasteiger partial charge in [-0.1, -0.05) is 6.58 Å². The van der Waals surface area contributed by atoms with Gasteiger partial charge < -0.3 is 15.0 Å². The van der Waals surface area contributed by atoms with Crippen molar-refractivity contribution in [1.82, 2.24) is 5.32 Å². The Balaban J connectivity index is 1.67. The van der Waals surface area contributed by atoms with Crippen molar-refractivity contribution in [2.75, 3.05) is 18.6 Å². The lowest BCUT2D eigenvalue weighted by atomic mass is 10.0. The predicted molar refractivity (Wildman–Crippen MR) is 96.9 cm³/mol. The Morgan fingerprint density at radius 2 is 1.96 bits per heavy atom. The van der Waals surface area contributed by atoms with Crippen molar-refractivity contribution in [3.05, 3.63) is 71.8 Å². The molecule has 1 heterocycles. The van der Waals surface area contributed by atoms with Crippen molar-refractivity contribution >= 4 is 17.5 Å². The van der Waals surface area contributed by atoms with Gasteiger partial charge in [-0.05, 0) is 42.8 Å². The lowest BCUT2D eigenvalue weighted by Crippen LogP contribution is -2.43. The second-order valence-corrected chi connectivity index (χ2v) is 6.21. The topological polar surface area (TPSA) is 58.6 Å². The van der Waals surface area contributed by atoms with Gasteiger partial charge in [0.1, 0.15) is 12.4 Å². The average molecular weight is 372 g/mol. The fourth-order valence-corrected chi connectivity index (χ4v) is 2.90. The van der Waals surface area contributed by atoms with E-state index < -0.39 is 17.7 Å². The van der Waals surface area contributed by atoms with Gasteiger partial charge in [0.2, 0.25) is 5.91 Å². The molecule has 0 fully saturated rings. The quantitative estimate of drug-likeness (QED) is 0.840. The van der Waals surface area contributed by atoms with Crippen LogP contribution in [0.2, 0.25) is 0 Å². The molecule has 0 bridgehead atoms. The minimum absolute atomic E-state index is 0.0289. The van der Waals surface area contributed by atoms with Crippen molar-refractivity contribution in [3.8, 4) is 5.75 Å². The summed E-state index contributed by atoms with van der Waals surface area (Å²) >= 11 is 0. The van der Waals surface area contributed by atoms with Crippen LogP contribution in [-0.4, -0.2) is 31.5 Å². The minimum atomic E-state index is -0.747. The number of nitrogens with one attached hydrogen (secondary N) is 1. The third-order valence-electron chi connectivity index (χ3n) is 4.34. The van der Waals surface area contributed by atoms with Gasteiger partial charge in [0.25, 0.3) is 5.91 Å². The van der Waals surface area contributed by atoms with E-state index >= 15 is 0 Å². The average Bonchev–Trinajstić information content (AvgIpc) is 2.66. The third kappa shape index (κ3) is 3.97. The normalized spacial score (nSPS) is 15.3. The number of halogens is 2. The van der Waals surface area contributed by atoms with Crippen molar-refractivity contribution < 1.29 is 23.1 Å². The van der Waals surface area contributed by atoms with Crippen LogP contribution in [0.4, 0.5) is 14.5 Å². The molecule has 7 heteroatoms. The number of ether oxygens (including phenoxy) is 1. The zero-order valence-corrected chi connectivity index (χ0v) is 14.7. The maximum absolute atomic E-state index is 13.7. The number of carbonyl (C=O) groups is 2. The summed E-state index contributed by atoms with van der Waals surface area (Å²) in [4.78, 5) is 25.4. The Bertz CT molecular complexity index is 897. The summed E-state index contributed by atoms with van der Waals surface area (Å²) in [6.07, 6.45) is 1.47. The van der Waals surface area contributed by atoms with Crippen molar-refractivity contribution in [3.63, 3.8) is 0 Å². The first-order chi connectivity index (χ1) is 12.9. The molecule has 27 heavy (non-hydrogen) atoms. The molecule has 1 unspecified atom stereocenters. The summed E-state index contributed by atoms with van der Waals surface area (Å²) in [5.41, 5.74) is 1.40. The van der Waals surface area contributed by atoms with Gasteiger partial charge in [-0.15, -0.1) is 0 Å². The zero-order chi connectivity index (χ0) is 19.6. The van der Waals surface area contributed by atoms with Crippen molar-refractivity contribution in [1.29, 1.82) is 0 Å². The smallest absolute Gasteiger partial charge is 0.251 e. The minimum Gasteiger partial charge on any atom is -0.488 e. The Morgan fingerprint density at radius 3 is 2.63 bits per heavy atom. The first-order valence-corrected chi connectivity index (χ1v) is 8.31. The highest BCUT2D eigenvalue weighted by atomic mass is 19.1. The summed E-state index contributed by atoms with van der Waals surface area (Å²) in [5.74, 6) is -2.00. The predicted octanol–water partition coefficient (Wildman–Crippen LogP) is 2.85. The van der Waals surface area contributed by atoms with E-state index in [1.807, 2.05) is 0 Å². The Kier molecular flexibility index (Phi) is 5.21. The molecule has 1 N–H and O–H groups in total. The van der Waals surface area contributed by atoms with E-state index in [-0.39, 0.29) is 30.6 Å². The van der Waals surface area contributed by atoms with Gasteiger partial charge in [0, 0.05) is 29.9 Å². The maximum atomic E-state index is 13.7. The molecular weight excluding hydrogens is 354 g/mol. The van der Waals surface area contributed by atoms with Crippen LogP contribution in [0.3, 0.4) is 0 Å². The number of nitrogens with zero attached hydrogens (tertiary/aromatic N) is 1. The molecule has 2 aromatic carbocycles. The zero-order valence-electron chi connectivity index (χ0n) is 14.7. The molecule has 0 spiro atoms. The summed E-state index contributed by atoms with van der Waals surface area (Å²) in [7, 11) is 1.61. The Labute approximate surface area is 155 Å². The number of rotatable bonds is 4. The molecule has 0 aromatic heterocycles. The molecule has 0 saturated carbocycles. The number of anilines is 1. The molecule has 0 aliphatic carbocycles. The van der Waals surface area contributed by atoms with E-state index in [4.69, 9.17) is 4.74 Å². The summed E-state index contributed by atoms with van der Waals surface area (Å²) in [5, 5.41) is 2.79. The highest BCUT2D eigenvalue weighted by Crippen LogP contribution is 2.29. The molecule has 5 nitrogen and oxygen atoms in total. The van der Waals surface area contributed by atoms with Crippen LogP contribution >= 0.6 is 0 Å². The van der Waals surface area contributed by atoms with Crippen LogP contribution in [0.1, 0.15) is 15.9 Å². The van der Waals surface area contributed by atoms with Crippen LogP contribution in [0.25, 0.3) is 0 Å². The number of hydrogen-bond acceptors (Lipinski definition) is 3. The van der Waals surface area contributed by atoms with E-state index in [1.54, 1.807) is 31.3 Å². The largest absolute Gasteiger partial charge is 0.488 e. The maximum Gasteiger partial charge on any atom is 0.251 e. The van der Waals surface area contributed by atoms with Crippen LogP contribution in [0.5, 0.6) is 5.75 Å². The van der Waals surface area contributed by atoms with E-state index in [1.165, 1.54) is 17.0 Å². The van der Waals surface area contributed by atoms with Gasteiger partial charge in [-0.25, -0.2) is 8.78 Å². The van der Waals surface area contributed by atoms with Crippen molar-refractivity contribution in [2.24, 2.45) is 0 Å². The third-order valence-corrected chi connectivity index (χ3v) is 4.34. The van der Waals surface area contributed by atoms with Gasteiger partial charge >= 0.3 is 0 Å². The van der Waals surface area contributed by atoms with Gasteiger partial charge in [0.05, 0.1) is 6.04 Å². The molecule has 140 valence electrons. The van der Waals surface area contributed by atoms with Crippen LogP contribution in [-0.2, 0) is 11.2 Å². The standard InChI is InChI=1S/C20H18F2N2O3/c1-3-18(25)24(2)16-6-4-12(5-7-16)20(26)23-15-9-13-8-14(21)10-17(22)19(13)27-11-15/h3-8,10,15H,1,9,11H2,2H3,(H,23,26). The summed E-state index contributed by atoms with van der Waals surface area (Å²) in [6, 6.07) is 8.05. The number of likely N-dealkylation sites (N-methyl/N-ethyl adjacent to an activating group) is 1. The van der Waals surface area contributed by atoms with E-state index in [0.29, 0.717) is 16.8 Å². The van der Waals surface area contributed by atoms with Crippen LogP contribution < -0.4 is 15.0 Å². The lowest BCUT2D eigenvalue weighted by molar-refractivity contribution is -0.113. The van der Waals surface area contributed by atoms with Crippen LogP contribution in [0.15, 0.2) is 49.1 Å². The Morgan fingerprint density at radius 1 is 1.26 bits per heavy atom. The van der Waals surface area contributed by atoms with E-state index in [2.05, 4.69) is 11.9 Å².